The lowest BCUT2D eigenvalue weighted by atomic mass is 9.72. The summed E-state index contributed by atoms with van der Waals surface area (Å²) in [6.45, 7) is 4.77. The summed E-state index contributed by atoms with van der Waals surface area (Å²) in [5, 5.41) is 5.43. The van der Waals surface area contributed by atoms with Crippen molar-refractivity contribution < 1.29 is 4.74 Å². The second-order valence-electron chi connectivity index (χ2n) is 11.4. The summed E-state index contributed by atoms with van der Waals surface area (Å²) >= 11 is 0. The number of fused-ring (bicyclic) bond motifs is 1. The minimum absolute atomic E-state index is 0.164. The maximum absolute atomic E-state index is 7.30. The van der Waals surface area contributed by atoms with Gasteiger partial charge < -0.3 is 4.74 Å². The molecule has 7 rings (SSSR count). The van der Waals surface area contributed by atoms with Gasteiger partial charge in [-0.15, -0.1) is 0 Å². The van der Waals surface area contributed by atoms with Crippen LogP contribution < -0.4 is 26.0 Å². The molecule has 0 saturated carbocycles. The molecule has 1 aliphatic heterocycles. The van der Waals surface area contributed by atoms with Gasteiger partial charge in [0, 0.05) is 11.0 Å². The molecule has 0 N–H and O–H groups in total. The average Bonchev–Trinajstić information content (AvgIpc) is 3.04. The van der Waals surface area contributed by atoms with Crippen LogP contribution in [0.5, 0.6) is 5.75 Å². The van der Waals surface area contributed by atoms with Crippen LogP contribution in [0.2, 0.25) is 0 Å². The lowest BCUT2D eigenvalue weighted by Gasteiger charge is -2.52. The van der Waals surface area contributed by atoms with Crippen LogP contribution >= 0.6 is 15.8 Å². The minimum Gasteiger partial charge on any atom is -0.460 e. The molecule has 5 aromatic rings. The van der Waals surface area contributed by atoms with E-state index in [1.165, 1.54) is 32.4 Å². The Bertz CT molecular complexity index is 1580. The summed E-state index contributed by atoms with van der Waals surface area (Å²) in [4.78, 5) is -0.422. The first-order valence-corrected chi connectivity index (χ1v) is 17.3. The Morgan fingerprint density at radius 2 is 0.929 bits per heavy atom. The van der Waals surface area contributed by atoms with E-state index in [1.54, 1.807) is 0 Å². The molecule has 0 aromatic heterocycles. The Morgan fingerprint density at radius 1 is 0.524 bits per heavy atom. The zero-order valence-corrected chi connectivity index (χ0v) is 25.8. The third-order valence-electron chi connectivity index (χ3n) is 8.55. The highest BCUT2D eigenvalue weighted by Crippen LogP contribution is 2.72. The third kappa shape index (κ3) is 4.48. The summed E-state index contributed by atoms with van der Waals surface area (Å²) < 4.78 is 7.30. The van der Waals surface area contributed by atoms with Gasteiger partial charge in [0.05, 0.1) is 0 Å². The van der Waals surface area contributed by atoms with Gasteiger partial charge in [0.25, 0.3) is 0 Å². The van der Waals surface area contributed by atoms with Crippen LogP contribution in [-0.4, -0.2) is 4.90 Å². The fraction of sp³-hybridized carbons (Fsp3) is 0.128. The highest BCUT2D eigenvalue weighted by molar-refractivity contribution is 7.91. The van der Waals surface area contributed by atoms with Crippen LogP contribution in [0.15, 0.2) is 169 Å². The maximum atomic E-state index is 7.30. The average molecular weight is 581 g/mol. The molecule has 0 unspecified atom stereocenters. The molecular formula is C39H34OP2. The van der Waals surface area contributed by atoms with Gasteiger partial charge in [0.15, 0.2) is 0 Å². The Labute approximate surface area is 252 Å². The van der Waals surface area contributed by atoms with Crippen LogP contribution in [0, 0.1) is 0 Å². The van der Waals surface area contributed by atoms with Gasteiger partial charge in [-0.1, -0.05) is 166 Å². The van der Waals surface area contributed by atoms with E-state index in [-0.39, 0.29) is 5.41 Å². The van der Waals surface area contributed by atoms with Crippen LogP contribution in [0.25, 0.3) is 0 Å². The smallest absolute Gasteiger partial charge is 0.131 e. The topological polar surface area (TPSA) is 9.23 Å². The van der Waals surface area contributed by atoms with E-state index in [9.17, 15) is 0 Å². The van der Waals surface area contributed by atoms with Crippen molar-refractivity contribution in [3.8, 4) is 5.75 Å². The molecule has 5 aromatic carbocycles. The molecule has 0 atom stereocenters. The minimum atomic E-state index is -0.955. The monoisotopic (exact) mass is 580 g/mol. The van der Waals surface area contributed by atoms with E-state index in [1.807, 2.05) is 0 Å². The standard InChI is InChI=1S/C39H34OP2/c1-38(2)34-26-15-16-28-36(34)40-37-35(38)27-17-29-39(37,41(30-18-7-3-8-19-30)31-20-9-4-10-21-31)42(32-22-11-5-12-23-32)33-24-13-6-14-25-33/h3-26,28-29H,27H2,1-2H3. The molecule has 0 amide bonds. The number of allylic oxidation sites excluding steroid dienone is 3. The van der Waals surface area contributed by atoms with Crippen LogP contribution in [-0.2, 0) is 5.41 Å². The fourth-order valence-electron chi connectivity index (χ4n) is 6.60. The fourth-order valence-corrected chi connectivity index (χ4v) is 14.1. The van der Waals surface area contributed by atoms with Crippen molar-refractivity contribution in [1.29, 1.82) is 0 Å². The maximum Gasteiger partial charge on any atom is 0.131 e. The summed E-state index contributed by atoms with van der Waals surface area (Å²) in [6.07, 6.45) is 5.88. The molecular weight excluding hydrogens is 546 g/mol. The normalized spacial score (nSPS) is 16.6. The molecule has 1 heterocycles. The van der Waals surface area contributed by atoms with Crippen LogP contribution in [0.4, 0.5) is 0 Å². The van der Waals surface area contributed by atoms with Gasteiger partial charge in [-0.05, 0) is 55.1 Å². The van der Waals surface area contributed by atoms with Crippen LogP contribution in [0.3, 0.4) is 0 Å². The van der Waals surface area contributed by atoms with Gasteiger partial charge >= 0.3 is 0 Å². The zero-order chi connectivity index (χ0) is 28.6. The van der Waals surface area contributed by atoms with Crippen molar-refractivity contribution in [2.45, 2.75) is 30.6 Å². The van der Waals surface area contributed by atoms with Crippen molar-refractivity contribution >= 4 is 37.1 Å². The van der Waals surface area contributed by atoms with E-state index < -0.39 is 20.7 Å². The second-order valence-corrected chi connectivity index (χ2v) is 16.5. The van der Waals surface area contributed by atoms with E-state index in [4.69, 9.17) is 4.74 Å². The molecule has 42 heavy (non-hydrogen) atoms. The van der Waals surface area contributed by atoms with Crippen molar-refractivity contribution in [2.75, 3.05) is 0 Å². The summed E-state index contributed by atoms with van der Waals surface area (Å²) in [5.74, 6) is 2.12. The lowest BCUT2D eigenvalue weighted by Crippen LogP contribution is -2.45. The Kier molecular flexibility index (Phi) is 7.19. The Balaban J connectivity index is 1.62. The highest BCUT2D eigenvalue weighted by atomic mass is 31.2. The van der Waals surface area contributed by atoms with Gasteiger partial charge in [-0.25, -0.2) is 0 Å². The quantitative estimate of drug-likeness (QED) is 0.145. The molecule has 2 aliphatic rings. The first-order chi connectivity index (χ1) is 20.6. The first kappa shape index (κ1) is 27.1. The lowest BCUT2D eigenvalue weighted by molar-refractivity contribution is 0.348. The second kappa shape index (κ2) is 11.1. The van der Waals surface area contributed by atoms with Crippen LogP contribution in [0.1, 0.15) is 25.8 Å². The molecule has 0 saturated heterocycles. The molecule has 1 aliphatic carbocycles. The predicted octanol–water partition coefficient (Wildman–Crippen LogP) is 8.53. The number of ether oxygens (including phenoxy) is 1. The largest absolute Gasteiger partial charge is 0.460 e. The van der Waals surface area contributed by atoms with E-state index in [2.05, 4.69) is 172 Å². The summed E-state index contributed by atoms with van der Waals surface area (Å²) in [7, 11) is -1.91. The highest BCUT2D eigenvalue weighted by Gasteiger charge is 2.55. The van der Waals surface area contributed by atoms with Gasteiger partial charge in [0.2, 0.25) is 0 Å². The predicted molar refractivity (Wildman–Crippen MR) is 182 cm³/mol. The molecule has 0 radical (unpaired) electrons. The molecule has 0 fully saturated rings. The number of rotatable bonds is 6. The number of benzene rings is 5. The summed E-state index contributed by atoms with van der Waals surface area (Å²) in [6, 6.07) is 53.3. The van der Waals surface area contributed by atoms with E-state index in [0.29, 0.717) is 0 Å². The van der Waals surface area contributed by atoms with Gasteiger partial charge in [-0.2, -0.15) is 0 Å². The van der Waals surface area contributed by atoms with Crippen molar-refractivity contribution in [1.82, 2.24) is 0 Å². The SMILES string of the molecule is CC1(C)C2=C(Oc3ccccc31)C(P(c1ccccc1)c1ccccc1)(P(c1ccccc1)c1ccccc1)C=CC2. The van der Waals surface area contributed by atoms with E-state index in [0.717, 1.165) is 17.9 Å². The van der Waals surface area contributed by atoms with Crippen molar-refractivity contribution in [3.05, 3.63) is 175 Å². The van der Waals surface area contributed by atoms with Crippen molar-refractivity contribution in [3.63, 3.8) is 0 Å². The van der Waals surface area contributed by atoms with Crippen molar-refractivity contribution in [2.24, 2.45) is 0 Å². The Morgan fingerprint density at radius 3 is 1.38 bits per heavy atom. The Hall–Kier alpha value is -3.76. The summed E-state index contributed by atoms with van der Waals surface area (Å²) in [5.41, 5.74) is 2.49. The molecule has 206 valence electrons. The molecule has 0 spiro atoms. The molecule has 1 nitrogen and oxygen atoms in total. The molecule has 0 bridgehead atoms. The number of para-hydroxylation sites is 1. The van der Waals surface area contributed by atoms with Gasteiger partial charge in [0.1, 0.15) is 16.4 Å². The van der Waals surface area contributed by atoms with E-state index >= 15 is 0 Å². The first-order valence-electron chi connectivity index (χ1n) is 14.6. The number of hydrogen-bond donors (Lipinski definition) is 0. The number of hydrogen-bond acceptors (Lipinski definition) is 1. The zero-order valence-electron chi connectivity index (χ0n) is 24.0. The molecule has 3 heteroatoms. The third-order valence-corrected chi connectivity index (χ3v) is 15.1. The van der Waals surface area contributed by atoms with Gasteiger partial charge in [-0.3, -0.25) is 0 Å².